The van der Waals surface area contributed by atoms with Gasteiger partial charge >= 0.3 is 11.9 Å². The van der Waals surface area contributed by atoms with E-state index < -0.39 is 11.9 Å². The first-order chi connectivity index (χ1) is 12.6. The summed E-state index contributed by atoms with van der Waals surface area (Å²) >= 11 is 0. The first-order valence-corrected chi connectivity index (χ1v) is 7.93. The number of esters is 2. The van der Waals surface area contributed by atoms with Gasteiger partial charge in [-0.05, 0) is 25.1 Å². The zero-order valence-electron chi connectivity index (χ0n) is 14.8. The molecule has 2 heterocycles. The second kappa shape index (κ2) is 7.40. The number of hydrogen-bond donors (Lipinski definition) is 0. The van der Waals surface area contributed by atoms with Crippen molar-refractivity contribution in [3.63, 3.8) is 0 Å². The highest BCUT2D eigenvalue weighted by atomic mass is 16.5. The lowest BCUT2D eigenvalue weighted by Crippen LogP contribution is -2.39. The SMILES string of the molecule is COC(=O)C1=C(C(=O)OC)N(c2ccccc2-n2ccc(C)n2)COC1. The van der Waals surface area contributed by atoms with Crippen LogP contribution in [0.4, 0.5) is 5.69 Å². The molecule has 136 valence electrons. The highest BCUT2D eigenvalue weighted by Crippen LogP contribution is 2.31. The first-order valence-electron chi connectivity index (χ1n) is 7.93. The van der Waals surface area contributed by atoms with Crippen LogP contribution in [0.15, 0.2) is 47.8 Å². The molecule has 3 rings (SSSR count). The predicted octanol–water partition coefficient (Wildman–Crippen LogP) is 1.57. The van der Waals surface area contributed by atoms with Crippen molar-refractivity contribution in [1.82, 2.24) is 9.78 Å². The van der Waals surface area contributed by atoms with Gasteiger partial charge < -0.3 is 19.1 Å². The molecule has 1 aliphatic rings. The fourth-order valence-corrected chi connectivity index (χ4v) is 2.77. The molecule has 0 aliphatic carbocycles. The molecular weight excluding hydrogens is 338 g/mol. The number of benzene rings is 1. The maximum Gasteiger partial charge on any atom is 0.355 e. The molecule has 1 aromatic heterocycles. The molecule has 2 aromatic rings. The molecule has 1 aliphatic heterocycles. The number of aryl methyl sites for hydroxylation is 1. The average Bonchev–Trinajstić information content (AvgIpc) is 3.12. The summed E-state index contributed by atoms with van der Waals surface area (Å²) in [4.78, 5) is 26.1. The van der Waals surface area contributed by atoms with Crippen LogP contribution < -0.4 is 4.90 Å². The first kappa shape index (κ1) is 17.7. The summed E-state index contributed by atoms with van der Waals surface area (Å²) in [6.07, 6.45) is 1.82. The van der Waals surface area contributed by atoms with Crippen molar-refractivity contribution in [1.29, 1.82) is 0 Å². The Morgan fingerprint density at radius 3 is 2.38 bits per heavy atom. The Bertz CT molecular complexity index is 871. The van der Waals surface area contributed by atoms with Crippen LogP contribution >= 0.6 is 0 Å². The van der Waals surface area contributed by atoms with E-state index in [2.05, 4.69) is 5.10 Å². The monoisotopic (exact) mass is 357 g/mol. The smallest absolute Gasteiger partial charge is 0.355 e. The highest BCUT2D eigenvalue weighted by molar-refractivity contribution is 6.03. The summed E-state index contributed by atoms with van der Waals surface area (Å²) in [5, 5.41) is 4.42. The van der Waals surface area contributed by atoms with E-state index in [0.717, 1.165) is 11.4 Å². The zero-order chi connectivity index (χ0) is 18.7. The molecular formula is C18H19N3O5. The van der Waals surface area contributed by atoms with Crippen molar-refractivity contribution < 1.29 is 23.8 Å². The molecule has 8 heteroatoms. The van der Waals surface area contributed by atoms with E-state index in [0.29, 0.717) is 5.69 Å². The van der Waals surface area contributed by atoms with E-state index in [1.165, 1.54) is 14.2 Å². The molecule has 0 unspecified atom stereocenters. The topological polar surface area (TPSA) is 82.9 Å². The van der Waals surface area contributed by atoms with Crippen LogP contribution in [0.3, 0.4) is 0 Å². The third-order valence-electron chi connectivity index (χ3n) is 3.97. The Labute approximate surface area is 150 Å². The lowest BCUT2D eigenvalue weighted by molar-refractivity contribution is -0.140. The zero-order valence-corrected chi connectivity index (χ0v) is 14.8. The summed E-state index contributed by atoms with van der Waals surface area (Å²) in [6.45, 7) is 1.94. The van der Waals surface area contributed by atoms with Gasteiger partial charge in [0.2, 0.25) is 0 Å². The number of carbonyl (C=O) groups is 2. The van der Waals surface area contributed by atoms with Crippen LogP contribution in [0.25, 0.3) is 5.69 Å². The minimum atomic E-state index is -0.639. The lowest BCUT2D eigenvalue weighted by atomic mass is 10.1. The van der Waals surface area contributed by atoms with Crippen LogP contribution in [-0.4, -0.2) is 49.3 Å². The number of hydrogen-bond acceptors (Lipinski definition) is 7. The average molecular weight is 357 g/mol. The number of para-hydroxylation sites is 2. The minimum absolute atomic E-state index is 0.0311. The molecule has 0 N–H and O–H groups in total. The van der Waals surface area contributed by atoms with Gasteiger partial charge in [0.1, 0.15) is 12.4 Å². The van der Waals surface area contributed by atoms with E-state index in [-0.39, 0.29) is 24.6 Å². The largest absolute Gasteiger partial charge is 0.466 e. The third-order valence-corrected chi connectivity index (χ3v) is 3.97. The second-order valence-electron chi connectivity index (χ2n) is 5.61. The summed E-state index contributed by atoms with van der Waals surface area (Å²) in [5.41, 5.74) is 2.45. The normalized spacial score (nSPS) is 14.3. The van der Waals surface area contributed by atoms with E-state index >= 15 is 0 Å². The maximum atomic E-state index is 12.4. The number of anilines is 1. The Balaban J connectivity index is 2.16. The summed E-state index contributed by atoms with van der Waals surface area (Å²) < 4.78 is 16.9. The fourth-order valence-electron chi connectivity index (χ4n) is 2.77. The molecule has 0 spiro atoms. The number of carbonyl (C=O) groups excluding carboxylic acids is 2. The molecule has 0 bridgehead atoms. The summed E-state index contributed by atoms with van der Waals surface area (Å²) in [5.74, 6) is -1.28. The second-order valence-corrected chi connectivity index (χ2v) is 5.61. The third kappa shape index (κ3) is 3.18. The van der Waals surface area contributed by atoms with Gasteiger partial charge in [-0.25, -0.2) is 14.3 Å². The van der Waals surface area contributed by atoms with Gasteiger partial charge in [0.05, 0.1) is 43.5 Å². The van der Waals surface area contributed by atoms with Crippen molar-refractivity contribution >= 4 is 17.6 Å². The van der Waals surface area contributed by atoms with Gasteiger partial charge in [-0.15, -0.1) is 0 Å². The van der Waals surface area contributed by atoms with Gasteiger partial charge in [-0.3, -0.25) is 0 Å². The predicted molar refractivity (Wildman–Crippen MR) is 92.7 cm³/mol. The van der Waals surface area contributed by atoms with Gasteiger partial charge in [-0.1, -0.05) is 12.1 Å². The molecule has 1 aromatic carbocycles. The van der Waals surface area contributed by atoms with Crippen molar-refractivity contribution in [2.75, 3.05) is 32.5 Å². The number of rotatable bonds is 4. The van der Waals surface area contributed by atoms with Crippen molar-refractivity contribution in [3.8, 4) is 5.69 Å². The van der Waals surface area contributed by atoms with Crippen LogP contribution in [0.1, 0.15) is 5.69 Å². The number of aromatic nitrogens is 2. The summed E-state index contributed by atoms with van der Waals surface area (Å²) in [7, 11) is 2.52. The molecule has 26 heavy (non-hydrogen) atoms. The Kier molecular flexibility index (Phi) is 5.04. The molecule has 0 atom stereocenters. The summed E-state index contributed by atoms with van der Waals surface area (Å²) in [6, 6.07) is 9.25. The van der Waals surface area contributed by atoms with Gasteiger partial charge in [0.25, 0.3) is 0 Å². The Morgan fingerprint density at radius 1 is 1.08 bits per heavy atom. The standard InChI is InChI=1S/C18H19N3O5/c1-12-8-9-21(19-12)15-7-5-4-6-14(15)20-11-26-10-13(17(22)24-2)16(20)18(23)25-3/h4-9H,10-11H2,1-3H3. The van der Waals surface area contributed by atoms with E-state index in [1.807, 2.05) is 43.5 Å². The molecule has 8 nitrogen and oxygen atoms in total. The van der Waals surface area contributed by atoms with Crippen molar-refractivity contribution in [2.24, 2.45) is 0 Å². The van der Waals surface area contributed by atoms with Crippen molar-refractivity contribution in [2.45, 2.75) is 6.92 Å². The van der Waals surface area contributed by atoms with Crippen LogP contribution in [0, 0.1) is 6.92 Å². The van der Waals surface area contributed by atoms with E-state index in [9.17, 15) is 9.59 Å². The molecule has 0 saturated heterocycles. The molecule has 0 radical (unpaired) electrons. The van der Waals surface area contributed by atoms with Gasteiger partial charge in [0, 0.05) is 6.20 Å². The lowest BCUT2D eigenvalue weighted by Gasteiger charge is -2.32. The Hall–Kier alpha value is -3.13. The molecule has 0 saturated carbocycles. The minimum Gasteiger partial charge on any atom is -0.466 e. The fraction of sp³-hybridized carbons (Fsp3) is 0.278. The molecule has 0 amide bonds. The number of nitrogens with zero attached hydrogens (tertiary/aromatic N) is 3. The number of ether oxygens (including phenoxy) is 3. The van der Waals surface area contributed by atoms with Gasteiger partial charge in [-0.2, -0.15) is 5.10 Å². The van der Waals surface area contributed by atoms with Crippen molar-refractivity contribution in [3.05, 3.63) is 53.5 Å². The van der Waals surface area contributed by atoms with Gasteiger partial charge in [0.15, 0.2) is 0 Å². The van der Waals surface area contributed by atoms with Crippen LogP contribution in [0.5, 0.6) is 0 Å². The van der Waals surface area contributed by atoms with E-state index in [1.54, 1.807) is 9.58 Å². The van der Waals surface area contributed by atoms with E-state index in [4.69, 9.17) is 14.2 Å². The maximum absolute atomic E-state index is 12.4. The highest BCUT2D eigenvalue weighted by Gasteiger charge is 2.33. The number of methoxy groups -OCH3 is 2. The molecule has 0 fully saturated rings. The Morgan fingerprint density at radius 2 is 1.77 bits per heavy atom. The quantitative estimate of drug-likeness (QED) is 0.768. The van der Waals surface area contributed by atoms with Crippen LogP contribution in [-0.2, 0) is 23.8 Å². The van der Waals surface area contributed by atoms with Crippen LogP contribution in [0.2, 0.25) is 0 Å².